The minimum atomic E-state index is -0.917. The minimum absolute atomic E-state index is 0.228. The van der Waals surface area contributed by atoms with E-state index >= 15 is 0 Å². The van der Waals surface area contributed by atoms with Crippen LogP contribution >= 0.6 is 0 Å². The van der Waals surface area contributed by atoms with Crippen LogP contribution in [0.1, 0.15) is 45.6 Å². The van der Waals surface area contributed by atoms with Crippen LogP contribution in [0.2, 0.25) is 0 Å². The van der Waals surface area contributed by atoms with E-state index in [2.05, 4.69) is 5.32 Å². The van der Waals surface area contributed by atoms with Gasteiger partial charge in [0.15, 0.2) is 5.78 Å². The van der Waals surface area contributed by atoms with Crippen molar-refractivity contribution in [1.29, 1.82) is 0 Å². The molecule has 1 aliphatic heterocycles. The van der Waals surface area contributed by atoms with E-state index < -0.39 is 23.8 Å². The Morgan fingerprint density at radius 1 is 1.19 bits per heavy atom. The van der Waals surface area contributed by atoms with Crippen molar-refractivity contribution in [2.45, 2.75) is 46.1 Å². The van der Waals surface area contributed by atoms with Gasteiger partial charge in [-0.3, -0.25) is 9.59 Å². The molecule has 0 aromatic heterocycles. The van der Waals surface area contributed by atoms with E-state index in [0.29, 0.717) is 29.0 Å². The number of Topliss-reactive ketones (excluding diaryl/α,β-unsaturated/α-hetero) is 1. The predicted octanol–water partition coefficient (Wildman–Crippen LogP) is 3.26. The molecule has 0 saturated carbocycles. The van der Waals surface area contributed by atoms with Gasteiger partial charge >= 0.3 is 11.9 Å². The molecular weight excluding hydrogens is 398 g/mol. The summed E-state index contributed by atoms with van der Waals surface area (Å²) in [5, 5.41) is 3.24. The van der Waals surface area contributed by atoms with Gasteiger partial charge in [-0.25, -0.2) is 4.79 Å². The highest BCUT2D eigenvalue weighted by atomic mass is 16.5. The smallest absolute Gasteiger partial charge is 0.337 e. The third-order valence-electron chi connectivity index (χ3n) is 5.73. The molecule has 0 spiro atoms. The van der Waals surface area contributed by atoms with Crippen molar-refractivity contribution in [1.82, 2.24) is 5.32 Å². The molecule has 0 bridgehead atoms. The van der Waals surface area contributed by atoms with Crippen LogP contribution in [0.4, 0.5) is 0 Å². The van der Waals surface area contributed by atoms with Gasteiger partial charge in [-0.05, 0) is 50.8 Å². The Morgan fingerprint density at radius 2 is 1.90 bits per heavy atom. The summed E-state index contributed by atoms with van der Waals surface area (Å²) in [5.41, 5.74) is 2.84. The van der Waals surface area contributed by atoms with Gasteiger partial charge in [-0.2, -0.15) is 0 Å². The monoisotopic (exact) mass is 427 g/mol. The fraction of sp³-hybridized carbons (Fsp3) is 0.458. The van der Waals surface area contributed by atoms with Gasteiger partial charge in [0, 0.05) is 22.9 Å². The maximum Gasteiger partial charge on any atom is 0.337 e. The zero-order valence-electron chi connectivity index (χ0n) is 18.8. The van der Waals surface area contributed by atoms with Crippen molar-refractivity contribution in [3.05, 3.63) is 52.4 Å². The molecule has 0 radical (unpaired) electrons. The quantitative estimate of drug-likeness (QED) is 0.570. The Kier molecular flexibility index (Phi) is 6.53. The molecular formula is C24H29NO6. The van der Waals surface area contributed by atoms with Gasteiger partial charge in [-0.15, -0.1) is 0 Å². The molecule has 0 amide bonds. The van der Waals surface area contributed by atoms with Crippen LogP contribution in [0, 0.1) is 11.8 Å². The third-order valence-corrected chi connectivity index (χ3v) is 5.73. The standard InChI is InChI=1S/C24H29NO6/c1-12(2)31-24(28)19-14(4)25-17-10-13(3)18(23(27)30-6)22(26)21(17)20(19)15-8-7-9-16(11-15)29-5/h7-9,11-13,18,20,25H,10H2,1-6H3/t13-,18+,20-/m1/s1. The molecule has 1 N–H and O–H groups in total. The second-order valence-electron chi connectivity index (χ2n) is 8.27. The van der Waals surface area contributed by atoms with E-state index in [1.54, 1.807) is 40.0 Å². The van der Waals surface area contributed by atoms with E-state index in [4.69, 9.17) is 14.2 Å². The topological polar surface area (TPSA) is 90.9 Å². The number of nitrogens with one attached hydrogen (secondary N) is 1. The average molecular weight is 427 g/mol. The van der Waals surface area contributed by atoms with E-state index in [1.807, 2.05) is 19.1 Å². The van der Waals surface area contributed by atoms with Crippen molar-refractivity contribution in [2.24, 2.45) is 11.8 Å². The van der Waals surface area contributed by atoms with Crippen LogP contribution in [0.25, 0.3) is 0 Å². The number of benzene rings is 1. The zero-order chi connectivity index (χ0) is 22.9. The third kappa shape index (κ3) is 4.22. The maximum atomic E-state index is 13.6. The van der Waals surface area contributed by atoms with Crippen molar-refractivity contribution in [2.75, 3.05) is 14.2 Å². The van der Waals surface area contributed by atoms with E-state index in [0.717, 1.165) is 11.3 Å². The van der Waals surface area contributed by atoms with Gasteiger partial charge in [-0.1, -0.05) is 19.1 Å². The Labute approximate surface area is 182 Å². The number of ketones is 1. The van der Waals surface area contributed by atoms with Gasteiger partial charge in [0.2, 0.25) is 0 Å². The molecule has 7 nitrogen and oxygen atoms in total. The summed E-state index contributed by atoms with van der Waals surface area (Å²) in [6, 6.07) is 7.25. The average Bonchev–Trinajstić information content (AvgIpc) is 2.71. The molecule has 166 valence electrons. The largest absolute Gasteiger partial charge is 0.497 e. The second-order valence-corrected chi connectivity index (χ2v) is 8.27. The molecule has 0 fully saturated rings. The van der Waals surface area contributed by atoms with Crippen LogP contribution < -0.4 is 10.1 Å². The highest BCUT2D eigenvalue weighted by molar-refractivity contribution is 6.12. The SMILES string of the molecule is COC(=O)[C@@H]1C(=O)C2=C(C[C@H]1C)NC(C)=C(C(=O)OC(C)C)[C@H]2c1cccc(OC)c1. The number of carbonyl (C=O) groups excluding carboxylic acids is 3. The Morgan fingerprint density at radius 3 is 2.52 bits per heavy atom. The summed E-state index contributed by atoms with van der Waals surface area (Å²) in [6.07, 6.45) is 0.171. The van der Waals surface area contributed by atoms with Crippen molar-refractivity contribution in [3.63, 3.8) is 0 Å². The lowest BCUT2D eigenvalue weighted by molar-refractivity contribution is -0.151. The van der Waals surface area contributed by atoms with Crippen LogP contribution in [-0.4, -0.2) is 38.0 Å². The van der Waals surface area contributed by atoms with Crippen LogP contribution in [-0.2, 0) is 23.9 Å². The number of esters is 2. The predicted molar refractivity (Wildman–Crippen MR) is 114 cm³/mol. The first-order chi connectivity index (χ1) is 14.7. The summed E-state index contributed by atoms with van der Waals surface area (Å²) < 4.78 is 15.8. The first-order valence-corrected chi connectivity index (χ1v) is 10.4. The number of hydrogen-bond acceptors (Lipinski definition) is 7. The summed E-state index contributed by atoms with van der Waals surface area (Å²) >= 11 is 0. The molecule has 1 heterocycles. The fourth-order valence-corrected chi connectivity index (χ4v) is 4.38. The van der Waals surface area contributed by atoms with Crippen LogP contribution in [0.3, 0.4) is 0 Å². The minimum Gasteiger partial charge on any atom is -0.497 e. The summed E-state index contributed by atoms with van der Waals surface area (Å²) in [5.74, 6) is -2.61. The number of methoxy groups -OCH3 is 2. The molecule has 1 aromatic carbocycles. The molecule has 3 atom stereocenters. The molecule has 2 aliphatic rings. The van der Waals surface area contributed by atoms with Crippen LogP contribution in [0.15, 0.2) is 46.8 Å². The molecule has 3 rings (SSSR count). The van der Waals surface area contributed by atoms with Crippen molar-refractivity contribution in [3.8, 4) is 5.75 Å². The van der Waals surface area contributed by atoms with E-state index in [1.165, 1.54) is 7.11 Å². The van der Waals surface area contributed by atoms with Crippen molar-refractivity contribution >= 4 is 17.7 Å². The molecule has 1 aromatic rings. The number of ether oxygens (including phenoxy) is 3. The lowest BCUT2D eigenvalue weighted by Crippen LogP contribution is -2.43. The normalized spacial score (nSPS) is 23.3. The Hall–Kier alpha value is -3.09. The highest BCUT2D eigenvalue weighted by Crippen LogP contribution is 2.46. The molecule has 7 heteroatoms. The molecule has 0 saturated heterocycles. The zero-order valence-corrected chi connectivity index (χ0v) is 18.8. The summed E-state index contributed by atoms with van der Waals surface area (Å²) in [4.78, 5) is 39.1. The summed E-state index contributed by atoms with van der Waals surface area (Å²) in [6.45, 7) is 7.20. The molecule has 1 aliphatic carbocycles. The lowest BCUT2D eigenvalue weighted by Gasteiger charge is -2.38. The first kappa shape index (κ1) is 22.6. The summed E-state index contributed by atoms with van der Waals surface area (Å²) in [7, 11) is 2.84. The van der Waals surface area contributed by atoms with Gasteiger partial charge in [0.1, 0.15) is 11.7 Å². The number of hydrogen-bond donors (Lipinski definition) is 1. The molecule has 0 unspecified atom stereocenters. The lowest BCUT2D eigenvalue weighted by atomic mass is 9.69. The number of carbonyl (C=O) groups is 3. The fourth-order valence-electron chi connectivity index (χ4n) is 4.38. The Bertz CT molecular complexity index is 974. The Balaban J connectivity index is 2.20. The number of rotatable bonds is 5. The first-order valence-electron chi connectivity index (χ1n) is 10.4. The van der Waals surface area contributed by atoms with Gasteiger partial charge in [0.05, 0.1) is 25.9 Å². The van der Waals surface area contributed by atoms with E-state index in [9.17, 15) is 14.4 Å². The highest BCUT2D eigenvalue weighted by Gasteiger charge is 2.47. The number of dihydropyridines is 1. The maximum absolute atomic E-state index is 13.6. The van der Waals surface area contributed by atoms with Gasteiger partial charge in [0.25, 0.3) is 0 Å². The van der Waals surface area contributed by atoms with Crippen LogP contribution in [0.5, 0.6) is 5.75 Å². The van der Waals surface area contributed by atoms with E-state index in [-0.39, 0.29) is 17.8 Å². The number of allylic oxidation sites excluding steroid dienone is 3. The molecule has 31 heavy (non-hydrogen) atoms. The van der Waals surface area contributed by atoms with Crippen molar-refractivity contribution < 1.29 is 28.6 Å². The van der Waals surface area contributed by atoms with Gasteiger partial charge < -0.3 is 19.5 Å². The second kappa shape index (κ2) is 8.96.